The summed E-state index contributed by atoms with van der Waals surface area (Å²) in [6.07, 6.45) is 3.88. The summed E-state index contributed by atoms with van der Waals surface area (Å²) in [5, 5.41) is 3.18. The molecule has 8 heteroatoms. The molecule has 1 fully saturated rings. The summed E-state index contributed by atoms with van der Waals surface area (Å²) in [4.78, 5) is 8.97. The van der Waals surface area contributed by atoms with Crippen molar-refractivity contribution in [2.75, 3.05) is 38.4 Å². The molecular formula is C14H24N4O3S. The minimum absolute atomic E-state index is 0.272. The molecule has 0 unspecified atom stereocenters. The molecule has 0 amide bonds. The smallest absolute Gasteiger partial charge is 0.211 e. The maximum absolute atomic E-state index is 12.0. The van der Waals surface area contributed by atoms with Crippen LogP contribution in [0.2, 0.25) is 0 Å². The lowest BCUT2D eigenvalue weighted by atomic mass is 10.0. The van der Waals surface area contributed by atoms with Crippen LogP contribution in [0.25, 0.3) is 0 Å². The van der Waals surface area contributed by atoms with Crippen LogP contribution >= 0.6 is 0 Å². The van der Waals surface area contributed by atoms with Gasteiger partial charge in [-0.05, 0) is 19.8 Å². The molecular weight excluding hydrogens is 304 g/mol. The maximum Gasteiger partial charge on any atom is 0.211 e. The second kappa shape index (κ2) is 7.34. The van der Waals surface area contributed by atoms with Gasteiger partial charge in [0.15, 0.2) is 0 Å². The first kappa shape index (κ1) is 17.1. The normalized spacial score (nSPS) is 20.0. The lowest BCUT2D eigenvalue weighted by molar-refractivity contribution is 0.210. The molecule has 1 aliphatic heterocycles. The number of nitrogens with zero attached hydrogens (tertiary/aromatic N) is 3. The van der Waals surface area contributed by atoms with Crippen molar-refractivity contribution in [2.24, 2.45) is 0 Å². The van der Waals surface area contributed by atoms with Gasteiger partial charge in [0.1, 0.15) is 11.6 Å². The van der Waals surface area contributed by atoms with E-state index in [-0.39, 0.29) is 6.04 Å². The second-order valence-corrected chi connectivity index (χ2v) is 7.49. The zero-order valence-electron chi connectivity index (χ0n) is 13.4. The van der Waals surface area contributed by atoms with Crippen LogP contribution in [0.3, 0.4) is 0 Å². The number of hydrogen-bond donors (Lipinski definition) is 1. The zero-order valence-corrected chi connectivity index (χ0v) is 14.2. The van der Waals surface area contributed by atoms with Gasteiger partial charge in [-0.3, -0.25) is 0 Å². The minimum Gasteiger partial charge on any atom is -0.383 e. The fourth-order valence-electron chi connectivity index (χ4n) is 2.67. The van der Waals surface area contributed by atoms with Crippen molar-refractivity contribution in [3.05, 3.63) is 17.6 Å². The van der Waals surface area contributed by atoms with Crippen LogP contribution in [0.5, 0.6) is 0 Å². The van der Waals surface area contributed by atoms with Gasteiger partial charge in [-0.25, -0.2) is 18.4 Å². The molecule has 22 heavy (non-hydrogen) atoms. The summed E-state index contributed by atoms with van der Waals surface area (Å²) in [6, 6.07) is 1.58. The standard InChI is InChI=1S/C14H24N4O3S/c1-11-10-13(15-7-9-21-2)17-14(16-11)12-6-4-5-8-18(12)22(3,19)20/h10,12H,4-9H2,1-3H3,(H,15,16,17)/t12-/m1/s1. The van der Waals surface area contributed by atoms with E-state index in [9.17, 15) is 8.42 Å². The number of rotatable bonds is 6. The molecule has 0 aliphatic carbocycles. The van der Waals surface area contributed by atoms with Crippen LogP contribution in [0.1, 0.15) is 36.8 Å². The maximum atomic E-state index is 12.0. The van der Waals surface area contributed by atoms with Crippen LogP contribution in [-0.2, 0) is 14.8 Å². The molecule has 0 saturated carbocycles. The van der Waals surface area contributed by atoms with Crippen molar-refractivity contribution in [1.82, 2.24) is 14.3 Å². The molecule has 7 nitrogen and oxygen atoms in total. The Morgan fingerprint density at radius 3 is 2.86 bits per heavy atom. The zero-order chi connectivity index (χ0) is 16.2. The second-order valence-electron chi connectivity index (χ2n) is 5.56. The number of nitrogens with one attached hydrogen (secondary N) is 1. The Morgan fingerprint density at radius 1 is 1.41 bits per heavy atom. The third-order valence-electron chi connectivity index (χ3n) is 3.66. The molecule has 2 rings (SSSR count). The van der Waals surface area contributed by atoms with Gasteiger partial charge in [-0.1, -0.05) is 6.42 Å². The van der Waals surface area contributed by atoms with E-state index in [1.54, 1.807) is 7.11 Å². The Bertz CT molecular complexity index is 606. The fourth-order valence-corrected chi connectivity index (χ4v) is 3.79. The molecule has 1 N–H and O–H groups in total. The predicted octanol–water partition coefficient (Wildman–Crippen LogP) is 1.33. The van der Waals surface area contributed by atoms with Crippen molar-refractivity contribution in [3.8, 4) is 0 Å². The molecule has 2 heterocycles. The van der Waals surface area contributed by atoms with Crippen molar-refractivity contribution < 1.29 is 13.2 Å². The summed E-state index contributed by atoms with van der Waals surface area (Å²) in [5.41, 5.74) is 0.823. The number of piperidine rings is 1. The minimum atomic E-state index is -3.26. The number of aryl methyl sites for hydroxylation is 1. The summed E-state index contributed by atoms with van der Waals surface area (Å²) < 4.78 is 30.5. The van der Waals surface area contributed by atoms with Crippen molar-refractivity contribution in [1.29, 1.82) is 0 Å². The first-order valence-corrected chi connectivity index (χ1v) is 9.32. The van der Waals surface area contributed by atoms with Crippen LogP contribution in [0, 0.1) is 6.92 Å². The van der Waals surface area contributed by atoms with Gasteiger partial charge >= 0.3 is 0 Å². The van der Waals surface area contributed by atoms with E-state index in [1.807, 2.05) is 13.0 Å². The van der Waals surface area contributed by atoms with Gasteiger partial charge in [-0.15, -0.1) is 0 Å². The van der Waals surface area contributed by atoms with Gasteiger partial charge in [0.2, 0.25) is 10.0 Å². The summed E-state index contributed by atoms with van der Waals surface area (Å²) >= 11 is 0. The Balaban J connectivity index is 2.25. The van der Waals surface area contributed by atoms with Gasteiger partial charge in [-0.2, -0.15) is 4.31 Å². The average molecular weight is 328 g/mol. The number of ether oxygens (including phenoxy) is 1. The summed E-state index contributed by atoms with van der Waals surface area (Å²) in [5.74, 6) is 1.28. The van der Waals surface area contributed by atoms with E-state index in [4.69, 9.17) is 4.74 Å². The molecule has 1 atom stereocenters. The van der Waals surface area contributed by atoms with E-state index in [1.165, 1.54) is 10.6 Å². The van der Waals surface area contributed by atoms with E-state index < -0.39 is 10.0 Å². The molecule has 1 saturated heterocycles. The summed E-state index contributed by atoms with van der Waals surface area (Å²) in [6.45, 7) is 3.65. The Kier molecular flexibility index (Phi) is 5.71. The molecule has 0 bridgehead atoms. The van der Waals surface area contributed by atoms with Gasteiger partial charge in [0, 0.05) is 32.0 Å². The highest BCUT2D eigenvalue weighted by Crippen LogP contribution is 2.31. The van der Waals surface area contributed by atoms with Gasteiger partial charge in [0.25, 0.3) is 0 Å². The first-order chi connectivity index (χ1) is 10.4. The van der Waals surface area contributed by atoms with Crippen molar-refractivity contribution in [2.45, 2.75) is 32.2 Å². The van der Waals surface area contributed by atoms with E-state index in [0.717, 1.165) is 25.0 Å². The number of sulfonamides is 1. The highest BCUT2D eigenvalue weighted by atomic mass is 32.2. The Morgan fingerprint density at radius 2 is 2.18 bits per heavy atom. The topological polar surface area (TPSA) is 84.4 Å². The van der Waals surface area contributed by atoms with E-state index >= 15 is 0 Å². The van der Waals surface area contributed by atoms with Gasteiger partial charge < -0.3 is 10.1 Å². The molecule has 0 spiro atoms. The molecule has 1 aromatic heterocycles. The molecule has 124 valence electrons. The largest absolute Gasteiger partial charge is 0.383 e. The summed E-state index contributed by atoms with van der Waals surface area (Å²) in [7, 11) is -1.61. The van der Waals surface area contributed by atoms with E-state index in [2.05, 4.69) is 15.3 Å². The lowest BCUT2D eigenvalue weighted by Gasteiger charge is -2.32. The average Bonchev–Trinajstić information content (AvgIpc) is 2.46. The van der Waals surface area contributed by atoms with Crippen LogP contribution in [-0.4, -0.2) is 55.8 Å². The molecule has 1 aromatic rings. The number of methoxy groups -OCH3 is 1. The lowest BCUT2D eigenvalue weighted by Crippen LogP contribution is -2.38. The fraction of sp³-hybridized carbons (Fsp3) is 0.714. The molecule has 0 radical (unpaired) electrons. The Labute approximate surface area is 132 Å². The monoisotopic (exact) mass is 328 g/mol. The van der Waals surface area contributed by atoms with Gasteiger partial charge in [0.05, 0.1) is 18.9 Å². The predicted molar refractivity (Wildman–Crippen MR) is 85.3 cm³/mol. The highest BCUT2D eigenvalue weighted by molar-refractivity contribution is 7.88. The SMILES string of the molecule is COCCNc1cc(C)nc([C@H]2CCCCN2S(C)(=O)=O)n1. The molecule has 0 aromatic carbocycles. The quantitative estimate of drug-likeness (QED) is 0.793. The molecule has 1 aliphatic rings. The third kappa shape index (κ3) is 4.37. The number of anilines is 1. The van der Waals surface area contributed by atoms with Crippen LogP contribution in [0.4, 0.5) is 5.82 Å². The van der Waals surface area contributed by atoms with Crippen molar-refractivity contribution >= 4 is 15.8 Å². The Hall–Kier alpha value is -1.25. The third-order valence-corrected chi connectivity index (χ3v) is 4.95. The van der Waals surface area contributed by atoms with Crippen molar-refractivity contribution in [3.63, 3.8) is 0 Å². The van der Waals surface area contributed by atoms with E-state index in [0.29, 0.717) is 31.3 Å². The van der Waals surface area contributed by atoms with Crippen LogP contribution in [0.15, 0.2) is 6.07 Å². The highest BCUT2D eigenvalue weighted by Gasteiger charge is 2.32. The van der Waals surface area contributed by atoms with Crippen LogP contribution < -0.4 is 5.32 Å². The number of aromatic nitrogens is 2. The first-order valence-electron chi connectivity index (χ1n) is 7.47. The number of hydrogen-bond acceptors (Lipinski definition) is 6.